The number of carboxylic acids is 1. The van der Waals surface area contributed by atoms with E-state index in [2.05, 4.69) is 15.0 Å². The Morgan fingerprint density at radius 1 is 1.43 bits per heavy atom. The number of halogens is 3. The molecule has 0 saturated carbocycles. The molecule has 0 fully saturated rings. The minimum Gasteiger partial charge on any atom is -0.481 e. The van der Waals surface area contributed by atoms with Gasteiger partial charge in [0.25, 0.3) is 0 Å². The zero-order chi connectivity index (χ0) is 17.2. The average molecular weight is 349 g/mol. The van der Waals surface area contributed by atoms with Crippen molar-refractivity contribution in [3.63, 3.8) is 0 Å². The van der Waals surface area contributed by atoms with Crippen LogP contribution in [-0.2, 0) is 9.59 Å². The van der Waals surface area contributed by atoms with Gasteiger partial charge in [-0.2, -0.15) is 0 Å². The first-order chi connectivity index (χ1) is 10.6. The van der Waals surface area contributed by atoms with E-state index >= 15 is 0 Å². The number of thiazole rings is 1. The van der Waals surface area contributed by atoms with E-state index in [1.807, 2.05) is 0 Å². The summed E-state index contributed by atoms with van der Waals surface area (Å²) in [5.74, 6) is -2.39. The minimum absolute atomic E-state index is 0.0926. The van der Waals surface area contributed by atoms with Crippen molar-refractivity contribution in [2.75, 3.05) is 5.32 Å². The van der Waals surface area contributed by atoms with E-state index in [-0.39, 0.29) is 5.13 Å². The third-order valence-electron chi connectivity index (χ3n) is 2.55. The minimum atomic E-state index is -4.81. The molecule has 23 heavy (non-hydrogen) atoms. The van der Waals surface area contributed by atoms with Crippen molar-refractivity contribution in [3.8, 4) is 5.75 Å². The number of nitrogens with one attached hydrogen (secondary N) is 1. The van der Waals surface area contributed by atoms with Crippen LogP contribution in [0, 0.1) is 0 Å². The van der Waals surface area contributed by atoms with Crippen LogP contribution in [0.3, 0.4) is 0 Å². The second kappa shape index (κ2) is 6.38. The molecule has 1 heterocycles. The van der Waals surface area contributed by atoms with Crippen LogP contribution in [0.25, 0.3) is 10.2 Å². The molecule has 1 unspecified atom stereocenters. The molecular formula is C12H10F3N3O4S. The average Bonchev–Trinajstić information content (AvgIpc) is 2.77. The highest BCUT2D eigenvalue weighted by atomic mass is 32.1. The Bertz CT molecular complexity index is 747. The fourth-order valence-corrected chi connectivity index (χ4v) is 2.53. The highest BCUT2D eigenvalue weighted by Crippen LogP contribution is 2.31. The van der Waals surface area contributed by atoms with Crippen molar-refractivity contribution in [2.24, 2.45) is 5.73 Å². The maximum atomic E-state index is 12.2. The maximum absolute atomic E-state index is 12.2. The van der Waals surface area contributed by atoms with Gasteiger partial charge in [0.1, 0.15) is 5.75 Å². The fourth-order valence-electron chi connectivity index (χ4n) is 1.63. The molecule has 2 rings (SSSR count). The molecule has 0 aliphatic carbocycles. The molecule has 0 saturated heterocycles. The number of carbonyl (C=O) groups is 2. The molecule has 11 heteroatoms. The van der Waals surface area contributed by atoms with Gasteiger partial charge in [-0.05, 0) is 12.1 Å². The molecule has 0 radical (unpaired) electrons. The number of fused-ring (bicyclic) bond motifs is 1. The van der Waals surface area contributed by atoms with Gasteiger partial charge in [0.05, 0.1) is 22.7 Å². The van der Waals surface area contributed by atoms with Crippen molar-refractivity contribution in [2.45, 2.75) is 18.8 Å². The predicted octanol–water partition coefficient (Wildman–Crippen LogP) is 1.94. The molecule has 1 aromatic carbocycles. The van der Waals surface area contributed by atoms with Crippen LogP contribution in [0.15, 0.2) is 18.2 Å². The van der Waals surface area contributed by atoms with E-state index in [1.165, 1.54) is 6.07 Å². The number of anilines is 1. The topological polar surface area (TPSA) is 115 Å². The summed E-state index contributed by atoms with van der Waals surface area (Å²) in [6, 6.07) is 2.27. The number of amides is 1. The van der Waals surface area contributed by atoms with E-state index in [0.717, 1.165) is 23.5 Å². The molecule has 7 nitrogen and oxygen atoms in total. The Hall–Kier alpha value is -2.40. The van der Waals surface area contributed by atoms with Crippen LogP contribution < -0.4 is 15.8 Å². The van der Waals surface area contributed by atoms with Gasteiger partial charge in [-0.3, -0.25) is 9.59 Å². The molecule has 0 aliphatic rings. The van der Waals surface area contributed by atoms with Gasteiger partial charge in [-0.1, -0.05) is 11.3 Å². The van der Waals surface area contributed by atoms with Gasteiger partial charge < -0.3 is 20.9 Å². The van der Waals surface area contributed by atoms with Crippen LogP contribution in [0.5, 0.6) is 5.75 Å². The monoisotopic (exact) mass is 349 g/mol. The number of hydrogen-bond donors (Lipinski definition) is 3. The van der Waals surface area contributed by atoms with E-state index < -0.39 is 36.5 Å². The Balaban J connectivity index is 2.14. The SMILES string of the molecule is NC(CC(=O)O)C(=O)Nc1nc2ccc(OC(F)(F)F)cc2s1. The molecular weight excluding hydrogens is 339 g/mol. The van der Waals surface area contributed by atoms with Crippen molar-refractivity contribution >= 4 is 38.6 Å². The van der Waals surface area contributed by atoms with Crippen LogP contribution in [0.1, 0.15) is 6.42 Å². The third kappa shape index (κ3) is 4.79. The first-order valence-electron chi connectivity index (χ1n) is 6.08. The summed E-state index contributed by atoms with van der Waals surface area (Å²) >= 11 is 0.909. The zero-order valence-electron chi connectivity index (χ0n) is 11.3. The molecule has 124 valence electrons. The summed E-state index contributed by atoms with van der Waals surface area (Å²) in [7, 11) is 0. The van der Waals surface area contributed by atoms with E-state index in [1.54, 1.807) is 0 Å². The summed E-state index contributed by atoms with van der Waals surface area (Å²) in [6.07, 6.45) is -5.36. The number of nitrogens with zero attached hydrogens (tertiary/aromatic N) is 1. The number of aliphatic carboxylic acids is 1. The van der Waals surface area contributed by atoms with Gasteiger partial charge in [0.15, 0.2) is 5.13 Å². The number of aromatic nitrogens is 1. The summed E-state index contributed by atoms with van der Waals surface area (Å²) < 4.78 is 40.6. The molecule has 0 spiro atoms. The molecule has 1 aromatic heterocycles. The normalized spacial score (nSPS) is 12.9. The summed E-state index contributed by atoms with van der Waals surface area (Å²) in [4.78, 5) is 26.2. The second-order valence-electron chi connectivity index (χ2n) is 4.39. The highest BCUT2D eigenvalue weighted by Gasteiger charge is 2.31. The van der Waals surface area contributed by atoms with Crippen LogP contribution in [-0.4, -0.2) is 34.4 Å². The first kappa shape index (κ1) is 17.0. The summed E-state index contributed by atoms with van der Waals surface area (Å²) in [5.41, 5.74) is 5.75. The summed E-state index contributed by atoms with van der Waals surface area (Å²) in [5, 5.41) is 11.0. The van der Waals surface area contributed by atoms with Crippen LogP contribution >= 0.6 is 11.3 Å². The van der Waals surface area contributed by atoms with Gasteiger partial charge in [0, 0.05) is 6.07 Å². The van der Waals surface area contributed by atoms with Crippen LogP contribution in [0.4, 0.5) is 18.3 Å². The number of carbonyl (C=O) groups excluding carboxylic acids is 1. The maximum Gasteiger partial charge on any atom is 0.573 e. The molecule has 4 N–H and O–H groups in total. The van der Waals surface area contributed by atoms with E-state index in [4.69, 9.17) is 10.8 Å². The lowest BCUT2D eigenvalue weighted by Crippen LogP contribution is -2.37. The lowest BCUT2D eigenvalue weighted by atomic mass is 10.2. The molecule has 1 amide bonds. The Kier molecular flexibility index (Phi) is 4.71. The fraction of sp³-hybridized carbons (Fsp3) is 0.250. The quantitative estimate of drug-likeness (QED) is 0.760. The van der Waals surface area contributed by atoms with Crippen molar-refractivity contribution in [1.29, 1.82) is 0 Å². The van der Waals surface area contributed by atoms with E-state index in [0.29, 0.717) is 10.2 Å². The largest absolute Gasteiger partial charge is 0.573 e. The molecule has 0 bridgehead atoms. The number of alkyl halides is 3. The summed E-state index contributed by atoms with van der Waals surface area (Å²) in [6.45, 7) is 0. The van der Waals surface area contributed by atoms with Crippen LogP contribution in [0.2, 0.25) is 0 Å². The number of hydrogen-bond acceptors (Lipinski definition) is 6. The lowest BCUT2D eigenvalue weighted by molar-refractivity contribution is -0.274. The van der Waals surface area contributed by atoms with E-state index in [9.17, 15) is 22.8 Å². The Morgan fingerprint density at radius 3 is 2.74 bits per heavy atom. The first-order valence-corrected chi connectivity index (χ1v) is 6.90. The lowest BCUT2D eigenvalue weighted by Gasteiger charge is -2.07. The van der Waals surface area contributed by atoms with Gasteiger partial charge in [0.2, 0.25) is 5.91 Å². The number of carboxylic acid groups (broad SMARTS) is 1. The van der Waals surface area contributed by atoms with Gasteiger partial charge in [-0.25, -0.2) is 4.98 Å². The zero-order valence-corrected chi connectivity index (χ0v) is 12.1. The predicted molar refractivity (Wildman–Crippen MR) is 75.2 cm³/mol. The number of benzene rings is 1. The Morgan fingerprint density at radius 2 is 2.13 bits per heavy atom. The van der Waals surface area contributed by atoms with Crippen molar-refractivity contribution in [1.82, 2.24) is 4.98 Å². The second-order valence-corrected chi connectivity index (χ2v) is 5.42. The Labute approximate surface area is 130 Å². The highest BCUT2D eigenvalue weighted by molar-refractivity contribution is 7.22. The van der Waals surface area contributed by atoms with Gasteiger partial charge >= 0.3 is 12.3 Å². The molecule has 2 aromatic rings. The smallest absolute Gasteiger partial charge is 0.481 e. The van der Waals surface area contributed by atoms with Crippen molar-refractivity contribution < 1.29 is 32.6 Å². The number of rotatable bonds is 5. The standard InChI is InChI=1S/C12H10F3N3O4S/c13-12(14,15)22-5-1-2-7-8(3-5)23-11(17-7)18-10(21)6(16)4-9(19)20/h1-3,6H,4,16H2,(H,19,20)(H,17,18,21). The van der Waals surface area contributed by atoms with Crippen molar-refractivity contribution in [3.05, 3.63) is 18.2 Å². The number of ether oxygens (including phenoxy) is 1. The third-order valence-corrected chi connectivity index (χ3v) is 3.49. The molecule has 1 atom stereocenters. The number of nitrogens with two attached hydrogens (primary N) is 1. The molecule has 0 aliphatic heterocycles. The van der Waals surface area contributed by atoms with Gasteiger partial charge in [-0.15, -0.1) is 13.2 Å².